The van der Waals surface area contributed by atoms with E-state index in [-0.39, 0.29) is 23.0 Å². The van der Waals surface area contributed by atoms with E-state index in [1.807, 2.05) is 20.8 Å². The maximum absolute atomic E-state index is 12.4. The molecule has 0 aliphatic rings. The molecule has 0 radical (unpaired) electrons. The maximum atomic E-state index is 12.4. The Balaban J connectivity index is 2.06. The van der Waals surface area contributed by atoms with Gasteiger partial charge < -0.3 is 15.4 Å². The van der Waals surface area contributed by atoms with Crippen molar-refractivity contribution in [2.45, 2.75) is 26.9 Å². The molecule has 6 nitrogen and oxygen atoms in total. The molecule has 0 unspecified atom stereocenters. The highest BCUT2D eigenvalue weighted by Crippen LogP contribution is 2.16. The van der Waals surface area contributed by atoms with Crippen molar-refractivity contribution in [2.75, 3.05) is 11.9 Å². The molecule has 0 aliphatic carbocycles. The topological polar surface area (TPSA) is 79.5 Å². The van der Waals surface area contributed by atoms with Crippen LogP contribution in [0.1, 0.15) is 41.5 Å². The zero-order valence-corrected chi connectivity index (χ0v) is 16.4. The minimum absolute atomic E-state index is 0.0109. The van der Waals surface area contributed by atoms with Crippen molar-refractivity contribution in [1.82, 2.24) is 10.6 Å². The van der Waals surface area contributed by atoms with Gasteiger partial charge in [-0.1, -0.05) is 18.2 Å². The maximum Gasteiger partial charge on any atom is 0.257 e. The first-order chi connectivity index (χ1) is 12.9. The highest BCUT2D eigenvalue weighted by molar-refractivity contribution is 7.80. The van der Waals surface area contributed by atoms with Gasteiger partial charge in [-0.05, 0) is 63.3 Å². The van der Waals surface area contributed by atoms with Gasteiger partial charge in [-0.15, -0.1) is 0 Å². The molecule has 142 valence electrons. The van der Waals surface area contributed by atoms with Crippen LogP contribution in [-0.2, 0) is 0 Å². The molecule has 0 bridgehead atoms. The van der Waals surface area contributed by atoms with Crippen LogP contribution < -0.4 is 20.7 Å². The number of ether oxygens (including phenoxy) is 1. The zero-order chi connectivity index (χ0) is 19.8. The van der Waals surface area contributed by atoms with E-state index < -0.39 is 0 Å². The minimum atomic E-state index is -0.364. The molecule has 2 aromatic carbocycles. The molecule has 0 saturated carbocycles. The van der Waals surface area contributed by atoms with E-state index >= 15 is 0 Å². The standard InChI is InChI=1S/C20H23N3O3S/c1-4-21-19(25)16-10-5-6-11-17(16)22-20(27)23-18(24)14-8-7-9-15(12-14)26-13(2)3/h5-13H,4H2,1-3H3,(H,21,25)(H2,22,23,24,27). The lowest BCUT2D eigenvalue weighted by Gasteiger charge is -2.14. The van der Waals surface area contributed by atoms with E-state index in [4.69, 9.17) is 17.0 Å². The van der Waals surface area contributed by atoms with E-state index in [0.717, 1.165) is 0 Å². The summed E-state index contributed by atoms with van der Waals surface area (Å²) in [5.41, 5.74) is 1.39. The molecule has 0 aliphatic heterocycles. The molecule has 0 saturated heterocycles. The number of nitrogens with one attached hydrogen (secondary N) is 3. The average Bonchev–Trinajstić information content (AvgIpc) is 2.62. The van der Waals surface area contributed by atoms with Crippen LogP contribution in [0.4, 0.5) is 5.69 Å². The highest BCUT2D eigenvalue weighted by Gasteiger charge is 2.13. The van der Waals surface area contributed by atoms with Gasteiger partial charge in [0.05, 0.1) is 17.4 Å². The van der Waals surface area contributed by atoms with Gasteiger partial charge in [-0.3, -0.25) is 14.9 Å². The van der Waals surface area contributed by atoms with Crippen molar-refractivity contribution >= 4 is 34.8 Å². The summed E-state index contributed by atoms with van der Waals surface area (Å²) >= 11 is 5.22. The van der Waals surface area contributed by atoms with E-state index in [9.17, 15) is 9.59 Å². The Kier molecular flexibility index (Phi) is 7.31. The highest BCUT2D eigenvalue weighted by atomic mass is 32.1. The van der Waals surface area contributed by atoms with Crippen molar-refractivity contribution in [1.29, 1.82) is 0 Å². The Morgan fingerprint density at radius 1 is 1.07 bits per heavy atom. The number of hydrogen-bond acceptors (Lipinski definition) is 4. The summed E-state index contributed by atoms with van der Waals surface area (Å²) in [4.78, 5) is 24.6. The summed E-state index contributed by atoms with van der Waals surface area (Å²) in [5.74, 6) is 0.0311. The molecule has 0 heterocycles. The summed E-state index contributed by atoms with van der Waals surface area (Å²) < 4.78 is 5.60. The molecule has 7 heteroatoms. The normalized spacial score (nSPS) is 10.2. The molecule has 0 aromatic heterocycles. The predicted molar refractivity (Wildman–Crippen MR) is 110 cm³/mol. The third-order valence-electron chi connectivity index (χ3n) is 3.45. The van der Waals surface area contributed by atoms with Gasteiger partial charge >= 0.3 is 0 Å². The molecular weight excluding hydrogens is 362 g/mol. The van der Waals surface area contributed by atoms with E-state index in [1.165, 1.54) is 0 Å². The SMILES string of the molecule is CCNC(=O)c1ccccc1NC(=S)NC(=O)c1cccc(OC(C)C)c1. The van der Waals surface area contributed by atoms with Crippen LogP contribution in [0.15, 0.2) is 48.5 Å². The second-order valence-electron chi connectivity index (χ2n) is 6.01. The van der Waals surface area contributed by atoms with Crippen LogP contribution in [0.3, 0.4) is 0 Å². The Labute approximate surface area is 164 Å². The molecule has 3 N–H and O–H groups in total. The summed E-state index contributed by atoms with van der Waals surface area (Å²) in [6.45, 7) is 6.19. The van der Waals surface area contributed by atoms with Gasteiger partial charge in [-0.2, -0.15) is 0 Å². The van der Waals surface area contributed by atoms with Crippen molar-refractivity contribution in [3.63, 3.8) is 0 Å². The first kappa shape index (κ1) is 20.4. The zero-order valence-electron chi connectivity index (χ0n) is 15.5. The number of rotatable bonds is 6. The van der Waals surface area contributed by atoms with Crippen LogP contribution >= 0.6 is 12.2 Å². The Morgan fingerprint density at radius 3 is 2.52 bits per heavy atom. The summed E-state index contributed by atoms with van der Waals surface area (Å²) in [6.07, 6.45) is 0.0109. The fraction of sp³-hybridized carbons (Fsp3) is 0.250. The van der Waals surface area contributed by atoms with Crippen LogP contribution in [-0.4, -0.2) is 29.6 Å². The van der Waals surface area contributed by atoms with E-state index in [1.54, 1.807) is 48.5 Å². The summed E-state index contributed by atoms with van der Waals surface area (Å²) in [7, 11) is 0. The quantitative estimate of drug-likeness (QED) is 0.665. The molecule has 2 rings (SSSR count). The molecule has 2 aromatic rings. The van der Waals surface area contributed by atoms with Crippen LogP contribution in [0.25, 0.3) is 0 Å². The lowest BCUT2D eigenvalue weighted by molar-refractivity contribution is 0.0954. The fourth-order valence-corrected chi connectivity index (χ4v) is 2.56. The van der Waals surface area contributed by atoms with E-state index in [2.05, 4.69) is 16.0 Å². The predicted octanol–water partition coefficient (Wildman–Crippen LogP) is 3.35. The average molecular weight is 385 g/mol. The number of carbonyl (C=O) groups excluding carboxylic acids is 2. The van der Waals surface area contributed by atoms with Crippen molar-refractivity contribution in [3.8, 4) is 5.75 Å². The Bertz CT molecular complexity index is 837. The third-order valence-corrected chi connectivity index (χ3v) is 3.66. The number of carbonyl (C=O) groups is 2. The molecule has 0 atom stereocenters. The number of anilines is 1. The summed E-state index contributed by atoms with van der Waals surface area (Å²) in [5, 5.41) is 8.37. The molecule has 2 amide bonds. The lowest BCUT2D eigenvalue weighted by Crippen LogP contribution is -2.35. The van der Waals surface area contributed by atoms with Gasteiger partial charge in [0.2, 0.25) is 0 Å². The van der Waals surface area contributed by atoms with Crippen molar-refractivity contribution in [2.24, 2.45) is 0 Å². The second-order valence-corrected chi connectivity index (χ2v) is 6.42. The van der Waals surface area contributed by atoms with Gasteiger partial charge in [0.1, 0.15) is 5.75 Å². The summed E-state index contributed by atoms with van der Waals surface area (Å²) in [6, 6.07) is 13.8. The Hall–Kier alpha value is -2.93. The Morgan fingerprint density at radius 2 is 1.81 bits per heavy atom. The van der Waals surface area contributed by atoms with Gasteiger partial charge in [0.25, 0.3) is 11.8 Å². The van der Waals surface area contributed by atoms with Gasteiger partial charge in [-0.25, -0.2) is 0 Å². The van der Waals surface area contributed by atoms with Crippen LogP contribution in [0.2, 0.25) is 0 Å². The third kappa shape index (κ3) is 6.07. The monoisotopic (exact) mass is 385 g/mol. The number of amides is 2. The van der Waals surface area contributed by atoms with Crippen LogP contribution in [0.5, 0.6) is 5.75 Å². The smallest absolute Gasteiger partial charge is 0.257 e. The first-order valence-electron chi connectivity index (χ1n) is 8.67. The van der Waals surface area contributed by atoms with Crippen molar-refractivity contribution in [3.05, 3.63) is 59.7 Å². The number of benzene rings is 2. The van der Waals surface area contributed by atoms with E-state index in [0.29, 0.717) is 29.1 Å². The van der Waals surface area contributed by atoms with Gasteiger partial charge in [0.15, 0.2) is 5.11 Å². The number of thiocarbonyl (C=S) groups is 1. The van der Waals surface area contributed by atoms with Crippen molar-refractivity contribution < 1.29 is 14.3 Å². The van der Waals surface area contributed by atoms with Gasteiger partial charge in [0, 0.05) is 12.1 Å². The van der Waals surface area contributed by atoms with Crippen LogP contribution in [0, 0.1) is 0 Å². The number of para-hydroxylation sites is 1. The largest absolute Gasteiger partial charge is 0.491 e. The fourth-order valence-electron chi connectivity index (χ4n) is 2.36. The molecular formula is C20H23N3O3S. The molecule has 0 fully saturated rings. The molecule has 27 heavy (non-hydrogen) atoms. The molecule has 0 spiro atoms. The minimum Gasteiger partial charge on any atom is -0.491 e. The first-order valence-corrected chi connectivity index (χ1v) is 9.07. The second kappa shape index (κ2) is 9.68. The lowest BCUT2D eigenvalue weighted by atomic mass is 10.1. The number of hydrogen-bond donors (Lipinski definition) is 3.